The van der Waals surface area contributed by atoms with Crippen LogP contribution in [0.15, 0.2) is 18.5 Å². The Morgan fingerprint density at radius 1 is 1.32 bits per heavy atom. The molecule has 0 bridgehead atoms. The maximum absolute atomic E-state index is 7.67. The summed E-state index contributed by atoms with van der Waals surface area (Å²) in [6.07, 6.45) is 7.41. The summed E-state index contributed by atoms with van der Waals surface area (Å²) in [6, 6.07) is 2.49. The molecule has 0 aliphatic carbocycles. The summed E-state index contributed by atoms with van der Waals surface area (Å²) in [5.74, 6) is 0.127. The average molecular weight is 259 g/mol. The van der Waals surface area contributed by atoms with E-state index in [1.165, 1.54) is 32.4 Å². The van der Waals surface area contributed by atoms with Gasteiger partial charge in [0.2, 0.25) is 0 Å². The molecule has 2 aliphatic heterocycles. The number of hydrogen-bond donors (Lipinski definition) is 2. The zero-order valence-corrected chi connectivity index (χ0v) is 11.2. The van der Waals surface area contributed by atoms with E-state index >= 15 is 0 Å². The summed E-state index contributed by atoms with van der Waals surface area (Å²) in [6.45, 7) is 4.55. The quantitative estimate of drug-likeness (QED) is 0.628. The highest BCUT2D eigenvalue weighted by Gasteiger charge is 2.30. The van der Waals surface area contributed by atoms with Gasteiger partial charge in [0.25, 0.3) is 0 Å². The van der Waals surface area contributed by atoms with Crippen LogP contribution in [0, 0.1) is 5.41 Å². The summed E-state index contributed by atoms with van der Waals surface area (Å²) in [7, 11) is 0. The number of pyridine rings is 1. The molecule has 3 N–H and O–H groups in total. The van der Waals surface area contributed by atoms with Crippen molar-refractivity contribution in [3.63, 3.8) is 0 Å². The van der Waals surface area contributed by atoms with Gasteiger partial charge in [0, 0.05) is 30.9 Å². The standard InChI is InChI=1S/C14H21N5/c15-14(16)12-3-5-17-9-13(12)19-8-4-11(10-19)18-6-1-2-7-18/h3,5,9,11H,1-2,4,6-8,10H2,(H3,15,16). The normalized spacial score (nSPS) is 24.0. The molecule has 0 aromatic carbocycles. The van der Waals surface area contributed by atoms with Gasteiger partial charge < -0.3 is 10.6 Å². The van der Waals surface area contributed by atoms with E-state index < -0.39 is 0 Å². The van der Waals surface area contributed by atoms with Gasteiger partial charge in [-0.25, -0.2) is 0 Å². The molecule has 1 unspecified atom stereocenters. The average Bonchev–Trinajstić information content (AvgIpc) is 3.09. The van der Waals surface area contributed by atoms with Gasteiger partial charge >= 0.3 is 0 Å². The van der Waals surface area contributed by atoms with E-state index in [2.05, 4.69) is 14.8 Å². The first kappa shape index (κ1) is 12.4. The molecule has 0 amide bonds. The monoisotopic (exact) mass is 259 g/mol. The summed E-state index contributed by atoms with van der Waals surface area (Å²) >= 11 is 0. The number of nitrogens with two attached hydrogens (primary N) is 1. The van der Waals surface area contributed by atoms with Crippen molar-refractivity contribution in [3.05, 3.63) is 24.0 Å². The van der Waals surface area contributed by atoms with E-state index in [0.29, 0.717) is 6.04 Å². The minimum Gasteiger partial charge on any atom is -0.384 e. The van der Waals surface area contributed by atoms with Crippen LogP contribution >= 0.6 is 0 Å². The molecule has 2 saturated heterocycles. The summed E-state index contributed by atoms with van der Waals surface area (Å²) in [5.41, 5.74) is 7.47. The number of nitrogen functional groups attached to an aromatic ring is 1. The predicted molar refractivity (Wildman–Crippen MR) is 76.7 cm³/mol. The number of aromatic nitrogens is 1. The van der Waals surface area contributed by atoms with Crippen molar-refractivity contribution in [2.75, 3.05) is 31.1 Å². The molecule has 1 atom stereocenters. The van der Waals surface area contributed by atoms with Crippen LogP contribution < -0.4 is 10.6 Å². The van der Waals surface area contributed by atoms with E-state index in [4.69, 9.17) is 11.1 Å². The molecule has 3 rings (SSSR count). The van der Waals surface area contributed by atoms with E-state index in [9.17, 15) is 0 Å². The van der Waals surface area contributed by atoms with Gasteiger partial charge in [-0.1, -0.05) is 0 Å². The van der Waals surface area contributed by atoms with Crippen molar-refractivity contribution in [3.8, 4) is 0 Å². The first-order valence-corrected chi connectivity index (χ1v) is 7.03. The van der Waals surface area contributed by atoms with Crippen molar-refractivity contribution >= 4 is 11.5 Å². The Morgan fingerprint density at radius 3 is 2.84 bits per heavy atom. The molecule has 0 radical (unpaired) electrons. The van der Waals surface area contributed by atoms with Gasteiger partial charge in [-0.2, -0.15) is 0 Å². The molecule has 1 aromatic heterocycles. The minimum atomic E-state index is 0.127. The van der Waals surface area contributed by atoms with E-state index in [0.717, 1.165) is 24.3 Å². The highest BCUT2D eigenvalue weighted by molar-refractivity contribution is 6.00. The Kier molecular flexibility index (Phi) is 3.38. The number of nitrogens with one attached hydrogen (secondary N) is 1. The fraction of sp³-hybridized carbons (Fsp3) is 0.571. The summed E-state index contributed by atoms with van der Waals surface area (Å²) < 4.78 is 0. The number of anilines is 1. The van der Waals surface area contributed by atoms with Crippen molar-refractivity contribution in [2.24, 2.45) is 5.73 Å². The second kappa shape index (κ2) is 5.17. The molecule has 19 heavy (non-hydrogen) atoms. The fourth-order valence-corrected chi connectivity index (χ4v) is 3.23. The zero-order chi connectivity index (χ0) is 13.2. The second-order valence-electron chi connectivity index (χ2n) is 5.44. The van der Waals surface area contributed by atoms with Crippen molar-refractivity contribution in [1.82, 2.24) is 9.88 Å². The number of rotatable bonds is 3. The number of likely N-dealkylation sites (tertiary alicyclic amines) is 1. The molecule has 1 aromatic rings. The molecule has 3 heterocycles. The minimum absolute atomic E-state index is 0.127. The molecule has 5 heteroatoms. The van der Waals surface area contributed by atoms with Crippen LogP contribution in [-0.2, 0) is 0 Å². The molecule has 2 aliphatic rings. The van der Waals surface area contributed by atoms with Crippen LogP contribution in [0.3, 0.4) is 0 Å². The lowest BCUT2D eigenvalue weighted by atomic mass is 10.2. The van der Waals surface area contributed by atoms with Gasteiger partial charge in [-0.05, 0) is 38.4 Å². The molecule has 5 nitrogen and oxygen atoms in total. The van der Waals surface area contributed by atoms with Crippen LogP contribution in [0.25, 0.3) is 0 Å². The smallest absolute Gasteiger partial charge is 0.125 e. The molecule has 0 spiro atoms. The van der Waals surface area contributed by atoms with Gasteiger partial charge in [0.05, 0.1) is 11.9 Å². The Labute approximate surface area is 113 Å². The van der Waals surface area contributed by atoms with Crippen molar-refractivity contribution < 1.29 is 0 Å². The fourth-order valence-electron chi connectivity index (χ4n) is 3.23. The first-order chi connectivity index (χ1) is 9.25. The second-order valence-corrected chi connectivity index (χ2v) is 5.44. The predicted octanol–water partition coefficient (Wildman–Crippen LogP) is 1.04. The number of amidine groups is 1. The Hall–Kier alpha value is -1.62. The van der Waals surface area contributed by atoms with Gasteiger partial charge in [-0.3, -0.25) is 15.3 Å². The third-order valence-electron chi connectivity index (χ3n) is 4.25. The molecular weight excluding hydrogens is 238 g/mol. The van der Waals surface area contributed by atoms with E-state index in [-0.39, 0.29) is 5.84 Å². The van der Waals surface area contributed by atoms with Crippen molar-refractivity contribution in [2.45, 2.75) is 25.3 Å². The zero-order valence-electron chi connectivity index (χ0n) is 11.2. The van der Waals surface area contributed by atoms with Crippen LogP contribution in [-0.4, -0.2) is 47.9 Å². The molecule has 102 valence electrons. The van der Waals surface area contributed by atoms with Crippen LogP contribution in [0.4, 0.5) is 5.69 Å². The molecule has 2 fully saturated rings. The maximum Gasteiger partial charge on any atom is 0.125 e. The lowest BCUT2D eigenvalue weighted by Gasteiger charge is -2.25. The largest absolute Gasteiger partial charge is 0.384 e. The highest BCUT2D eigenvalue weighted by Crippen LogP contribution is 2.27. The third kappa shape index (κ3) is 2.42. The maximum atomic E-state index is 7.67. The number of nitrogens with zero attached hydrogens (tertiary/aromatic N) is 3. The molecule has 0 saturated carbocycles. The lowest BCUT2D eigenvalue weighted by molar-refractivity contribution is 0.260. The summed E-state index contributed by atoms with van der Waals surface area (Å²) in [5, 5.41) is 7.67. The highest BCUT2D eigenvalue weighted by atomic mass is 15.3. The lowest BCUT2D eigenvalue weighted by Crippen LogP contribution is -2.35. The van der Waals surface area contributed by atoms with Crippen LogP contribution in [0.1, 0.15) is 24.8 Å². The molecular formula is C14H21N5. The van der Waals surface area contributed by atoms with Gasteiger partial charge in [0.1, 0.15) is 5.84 Å². The number of hydrogen-bond acceptors (Lipinski definition) is 4. The van der Waals surface area contributed by atoms with Crippen LogP contribution in [0.5, 0.6) is 0 Å². The van der Waals surface area contributed by atoms with E-state index in [1.54, 1.807) is 6.20 Å². The first-order valence-electron chi connectivity index (χ1n) is 7.03. The SMILES string of the molecule is N=C(N)c1ccncc1N1CCC(N2CCCC2)C1. The van der Waals surface area contributed by atoms with Gasteiger partial charge in [0.15, 0.2) is 0 Å². The van der Waals surface area contributed by atoms with Gasteiger partial charge in [-0.15, -0.1) is 0 Å². The van der Waals surface area contributed by atoms with Crippen molar-refractivity contribution in [1.29, 1.82) is 5.41 Å². The van der Waals surface area contributed by atoms with Crippen LogP contribution in [0.2, 0.25) is 0 Å². The Bertz CT molecular complexity index is 467. The summed E-state index contributed by atoms with van der Waals surface area (Å²) in [4.78, 5) is 9.11. The Balaban J connectivity index is 1.75. The Morgan fingerprint density at radius 2 is 2.11 bits per heavy atom. The third-order valence-corrected chi connectivity index (χ3v) is 4.25. The van der Waals surface area contributed by atoms with E-state index in [1.807, 2.05) is 12.3 Å². The topological polar surface area (TPSA) is 69.2 Å².